The van der Waals surface area contributed by atoms with E-state index in [1.54, 1.807) is 0 Å². The Bertz CT molecular complexity index is 1150. The number of carbonyl (C=O) groups excluding carboxylic acids is 3. The number of allylic oxidation sites excluding steroid dienone is 2. The van der Waals surface area contributed by atoms with Crippen molar-refractivity contribution in [3.8, 4) is 0 Å². The van der Waals surface area contributed by atoms with Crippen molar-refractivity contribution in [1.82, 2.24) is 0 Å². The molecule has 438 valence electrons. The average Bonchev–Trinajstić information content (AvgIpc) is 3.40. The van der Waals surface area contributed by atoms with Crippen molar-refractivity contribution in [2.45, 2.75) is 393 Å². The highest BCUT2D eigenvalue weighted by Gasteiger charge is 2.19. The highest BCUT2D eigenvalue weighted by molar-refractivity contribution is 5.71. The lowest BCUT2D eigenvalue weighted by atomic mass is 10.0. The van der Waals surface area contributed by atoms with Crippen LogP contribution in [0, 0.1) is 0 Å². The molecule has 0 radical (unpaired) electrons. The Balaban J connectivity index is 3.86. The average molecular weight is 1040 g/mol. The lowest BCUT2D eigenvalue weighted by Crippen LogP contribution is -2.30. The third-order valence-electron chi connectivity index (χ3n) is 15.5. The van der Waals surface area contributed by atoms with Gasteiger partial charge in [0.2, 0.25) is 0 Å². The smallest absolute Gasteiger partial charge is 0.306 e. The van der Waals surface area contributed by atoms with Crippen molar-refractivity contribution in [2.75, 3.05) is 13.2 Å². The number of rotatable bonds is 63. The summed E-state index contributed by atoms with van der Waals surface area (Å²) in [5, 5.41) is 0. The van der Waals surface area contributed by atoms with E-state index < -0.39 is 6.10 Å². The van der Waals surface area contributed by atoms with Crippen molar-refractivity contribution >= 4 is 17.9 Å². The monoisotopic (exact) mass is 1040 g/mol. The van der Waals surface area contributed by atoms with Gasteiger partial charge in [0, 0.05) is 19.3 Å². The summed E-state index contributed by atoms with van der Waals surface area (Å²) in [4.78, 5) is 37.9. The lowest BCUT2D eigenvalue weighted by molar-refractivity contribution is -0.167. The maximum atomic E-state index is 12.8. The lowest BCUT2D eigenvalue weighted by Gasteiger charge is -2.18. The Hall–Kier alpha value is -1.85. The van der Waals surface area contributed by atoms with Gasteiger partial charge in [0.1, 0.15) is 13.2 Å². The van der Waals surface area contributed by atoms with E-state index in [0.717, 1.165) is 64.2 Å². The van der Waals surface area contributed by atoms with E-state index in [1.165, 1.54) is 283 Å². The molecule has 0 rings (SSSR count). The van der Waals surface area contributed by atoms with Gasteiger partial charge in [-0.1, -0.05) is 335 Å². The molecule has 6 heteroatoms. The van der Waals surface area contributed by atoms with Crippen molar-refractivity contribution in [3.05, 3.63) is 12.2 Å². The van der Waals surface area contributed by atoms with Crippen molar-refractivity contribution in [3.63, 3.8) is 0 Å². The molecule has 0 aliphatic carbocycles. The summed E-state index contributed by atoms with van der Waals surface area (Å²) in [5.41, 5.74) is 0. The van der Waals surface area contributed by atoms with Gasteiger partial charge in [0.15, 0.2) is 6.10 Å². The van der Waals surface area contributed by atoms with Crippen LogP contribution in [0.5, 0.6) is 0 Å². The minimum atomic E-state index is -0.761. The van der Waals surface area contributed by atoms with E-state index in [0.29, 0.717) is 19.3 Å². The maximum absolute atomic E-state index is 12.8. The van der Waals surface area contributed by atoms with Crippen molar-refractivity contribution in [2.24, 2.45) is 0 Å². The van der Waals surface area contributed by atoms with Crippen LogP contribution in [0.1, 0.15) is 387 Å². The van der Waals surface area contributed by atoms with Crippen LogP contribution >= 0.6 is 0 Å². The molecule has 74 heavy (non-hydrogen) atoms. The number of hydrogen-bond donors (Lipinski definition) is 0. The molecule has 0 bridgehead atoms. The quantitative estimate of drug-likeness (QED) is 0.0261. The summed E-state index contributed by atoms with van der Waals surface area (Å²) in [6.07, 6.45) is 75.9. The Kier molecular flexibility index (Phi) is 62.1. The Morgan fingerprint density at radius 3 is 0.676 bits per heavy atom. The van der Waals surface area contributed by atoms with Gasteiger partial charge in [-0.3, -0.25) is 14.4 Å². The molecule has 0 aromatic carbocycles. The first-order valence-corrected chi connectivity index (χ1v) is 33.7. The molecule has 6 nitrogen and oxygen atoms in total. The predicted molar refractivity (Wildman–Crippen MR) is 321 cm³/mol. The van der Waals surface area contributed by atoms with Gasteiger partial charge < -0.3 is 14.2 Å². The van der Waals surface area contributed by atoms with Crippen LogP contribution in [0.4, 0.5) is 0 Å². The Morgan fingerprint density at radius 1 is 0.257 bits per heavy atom. The summed E-state index contributed by atoms with van der Waals surface area (Å²) in [7, 11) is 0. The molecule has 0 heterocycles. The number of hydrogen-bond acceptors (Lipinski definition) is 6. The second-order valence-corrected chi connectivity index (χ2v) is 23.1. The Morgan fingerprint density at radius 2 is 0.446 bits per heavy atom. The summed E-state index contributed by atoms with van der Waals surface area (Å²) >= 11 is 0. The summed E-state index contributed by atoms with van der Waals surface area (Å²) < 4.78 is 16.8. The van der Waals surface area contributed by atoms with Crippen molar-refractivity contribution < 1.29 is 28.6 Å². The SMILES string of the molecule is CCCCCCCCCC/C=C\CCCCCCCCCCCCCCCCCCCCCCCC(=O)OCC(COC(=O)CCCCCCC)OC(=O)CCCCCCCCCCCCCCCCCCCC. The molecule has 0 aliphatic rings. The summed E-state index contributed by atoms with van der Waals surface area (Å²) in [6.45, 7) is 6.63. The highest BCUT2D eigenvalue weighted by atomic mass is 16.6. The van der Waals surface area contributed by atoms with E-state index in [9.17, 15) is 14.4 Å². The van der Waals surface area contributed by atoms with Crippen LogP contribution in [0.25, 0.3) is 0 Å². The van der Waals surface area contributed by atoms with Gasteiger partial charge >= 0.3 is 17.9 Å². The fraction of sp³-hybridized carbons (Fsp3) is 0.926. The standard InChI is InChI=1S/C68H130O6/c1-4-7-10-13-15-17-19-21-23-25-27-28-29-30-31-32-33-34-35-36-37-38-39-40-41-43-44-46-48-50-52-55-58-61-67(70)73-64-65(63-72-66(69)60-57-54-12-9-6-3)74-68(71)62-59-56-53-51-49-47-45-42-26-24-22-20-18-16-14-11-8-5-2/h25,27,65H,4-24,26,28-64H2,1-3H3/b27-25-. The van der Waals surface area contributed by atoms with Gasteiger partial charge in [-0.2, -0.15) is 0 Å². The first kappa shape index (κ1) is 72.2. The number of carbonyl (C=O) groups is 3. The first-order valence-electron chi connectivity index (χ1n) is 33.7. The number of unbranched alkanes of at least 4 members (excludes halogenated alkanes) is 50. The largest absolute Gasteiger partial charge is 0.462 e. The van der Waals surface area contributed by atoms with Gasteiger partial charge in [0.25, 0.3) is 0 Å². The molecule has 0 N–H and O–H groups in total. The molecule has 0 fully saturated rings. The minimum absolute atomic E-state index is 0.0637. The molecule has 0 saturated carbocycles. The molecule has 1 unspecified atom stereocenters. The van der Waals surface area contributed by atoms with E-state index >= 15 is 0 Å². The highest BCUT2D eigenvalue weighted by Crippen LogP contribution is 2.19. The van der Waals surface area contributed by atoms with Crippen molar-refractivity contribution in [1.29, 1.82) is 0 Å². The van der Waals surface area contributed by atoms with Crippen LogP contribution in [0.2, 0.25) is 0 Å². The molecular formula is C68H130O6. The third kappa shape index (κ3) is 61.0. The second-order valence-electron chi connectivity index (χ2n) is 23.1. The Labute approximate surface area is 462 Å². The second kappa shape index (κ2) is 63.7. The molecule has 0 aliphatic heterocycles. The van der Waals surface area contributed by atoms with E-state index in [2.05, 4.69) is 32.9 Å². The van der Waals surface area contributed by atoms with Crippen LogP contribution in [-0.2, 0) is 28.6 Å². The molecular weight excluding hydrogens is 913 g/mol. The zero-order valence-corrected chi connectivity index (χ0v) is 50.4. The molecule has 0 aromatic heterocycles. The number of esters is 3. The fourth-order valence-corrected chi connectivity index (χ4v) is 10.4. The first-order chi connectivity index (χ1) is 36.5. The van der Waals surface area contributed by atoms with Gasteiger partial charge in [-0.15, -0.1) is 0 Å². The molecule has 1 atom stereocenters. The summed E-state index contributed by atoms with van der Waals surface area (Å²) in [5.74, 6) is -0.850. The van der Waals surface area contributed by atoms with Crippen LogP contribution < -0.4 is 0 Å². The number of ether oxygens (including phenoxy) is 3. The molecule has 0 amide bonds. The summed E-state index contributed by atoms with van der Waals surface area (Å²) in [6, 6.07) is 0. The van der Waals surface area contributed by atoms with Crippen LogP contribution in [0.3, 0.4) is 0 Å². The van der Waals surface area contributed by atoms with E-state index in [1.807, 2.05) is 0 Å². The topological polar surface area (TPSA) is 78.9 Å². The zero-order valence-electron chi connectivity index (χ0n) is 50.4. The van der Waals surface area contributed by atoms with Gasteiger partial charge in [-0.05, 0) is 44.9 Å². The van der Waals surface area contributed by atoms with Crippen LogP contribution in [-0.4, -0.2) is 37.2 Å². The van der Waals surface area contributed by atoms with Gasteiger partial charge in [0.05, 0.1) is 0 Å². The predicted octanol–water partition coefficient (Wildman–Crippen LogP) is 22.8. The van der Waals surface area contributed by atoms with Gasteiger partial charge in [-0.25, -0.2) is 0 Å². The maximum Gasteiger partial charge on any atom is 0.306 e. The van der Waals surface area contributed by atoms with Crippen LogP contribution in [0.15, 0.2) is 12.2 Å². The van der Waals surface area contributed by atoms with E-state index in [-0.39, 0.29) is 31.1 Å². The normalized spacial score (nSPS) is 12.0. The molecule has 0 saturated heterocycles. The fourth-order valence-electron chi connectivity index (χ4n) is 10.4. The molecule has 0 aromatic rings. The zero-order chi connectivity index (χ0) is 53.6. The van der Waals surface area contributed by atoms with E-state index in [4.69, 9.17) is 14.2 Å². The minimum Gasteiger partial charge on any atom is -0.462 e. The third-order valence-corrected chi connectivity index (χ3v) is 15.5. The molecule has 0 spiro atoms.